The average molecular weight is 301 g/mol. The summed E-state index contributed by atoms with van der Waals surface area (Å²) in [6.45, 7) is 0. The van der Waals surface area contributed by atoms with E-state index in [2.05, 4.69) is 10.5 Å². The topological polar surface area (TPSA) is 84.6 Å². The summed E-state index contributed by atoms with van der Waals surface area (Å²) in [6, 6.07) is 11.3. The number of nitro groups is 1. The number of non-ortho nitro benzene ring substituents is 1. The Bertz CT molecular complexity index is 697. The van der Waals surface area contributed by atoms with E-state index in [-0.39, 0.29) is 23.8 Å². The molecule has 6 nitrogen and oxygen atoms in total. The summed E-state index contributed by atoms with van der Waals surface area (Å²) in [5, 5.41) is 14.3. The van der Waals surface area contributed by atoms with Crippen molar-refractivity contribution in [1.29, 1.82) is 0 Å². The highest BCUT2D eigenvalue weighted by molar-refractivity contribution is 5.83. The van der Waals surface area contributed by atoms with Gasteiger partial charge in [0.2, 0.25) is 5.91 Å². The van der Waals surface area contributed by atoms with Crippen LogP contribution in [0.4, 0.5) is 10.1 Å². The van der Waals surface area contributed by atoms with E-state index in [0.29, 0.717) is 11.1 Å². The number of benzene rings is 2. The summed E-state index contributed by atoms with van der Waals surface area (Å²) in [5.74, 6) is -0.704. The maximum Gasteiger partial charge on any atom is 0.269 e. The van der Waals surface area contributed by atoms with Gasteiger partial charge in [-0.2, -0.15) is 5.10 Å². The van der Waals surface area contributed by atoms with E-state index in [1.165, 1.54) is 54.7 Å². The van der Waals surface area contributed by atoms with Crippen molar-refractivity contribution in [3.8, 4) is 0 Å². The first-order valence-electron chi connectivity index (χ1n) is 6.35. The summed E-state index contributed by atoms with van der Waals surface area (Å²) in [4.78, 5) is 21.6. The molecule has 2 rings (SSSR count). The number of carbonyl (C=O) groups is 1. The van der Waals surface area contributed by atoms with Crippen LogP contribution < -0.4 is 5.43 Å². The van der Waals surface area contributed by atoms with Crippen LogP contribution >= 0.6 is 0 Å². The average Bonchev–Trinajstić information content (AvgIpc) is 2.50. The highest BCUT2D eigenvalue weighted by Crippen LogP contribution is 2.10. The van der Waals surface area contributed by atoms with Crippen LogP contribution in [0.2, 0.25) is 0 Å². The Morgan fingerprint density at radius 3 is 2.41 bits per heavy atom. The molecule has 2 aromatic rings. The molecule has 0 aliphatic carbocycles. The van der Waals surface area contributed by atoms with Crippen LogP contribution in [0, 0.1) is 15.9 Å². The predicted octanol–water partition coefficient (Wildman–Crippen LogP) is 2.43. The minimum atomic E-state index is -0.495. The molecule has 0 saturated carbocycles. The molecular formula is C15H12FN3O3. The van der Waals surface area contributed by atoms with E-state index in [0.717, 1.165) is 0 Å². The van der Waals surface area contributed by atoms with Gasteiger partial charge >= 0.3 is 0 Å². The van der Waals surface area contributed by atoms with Gasteiger partial charge in [0, 0.05) is 12.1 Å². The lowest BCUT2D eigenvalue weighted by Crippen LogP contribution is -2.19. The van der Waals surface area contributed by atoms with Gasteiger partial charge in [-0.15, -0.1) is 0 Å². The van der Waals surface area contributed by atoms with E-state index in [1.54, 1.807) is 0 Å². The number of hydrogen-bond acceptors (Lipinski definition) is 4. The Hall–Kier alpha value is -3.09. The lowest BCUT2D eigenvalue weighted by molar-refractivity contribution is -0.384. The molecular weight excluding hydrogens is 289 g/mol. The fraction of sp³-hybridized carbons (Fsp3) is 0.0667. The lowest BCUT2D eigenvalue weighted by Gasteiger charge is -2.00. The second-order valence-corrected chi connectivity index (χ2v) is 4.45. The van der Waals surface area contributed by atoms with E-state index >= 15 is 0 Å². The summed E-state index contributed by atoms with van der Waals surface area (Å²) in [7, 11) is 0. The number of carbonyl (C=O) groups excluding carboxylic acids is 1. The highest BCUT2D eigenvalue weighted by atomic mass is 19.1. The van der Waals surface area contributed by atoms with Gasteiger partial charge in [0.15, 0.2) is 0 Å². The first kappa shape index (κ1) is 15.3. The maximum absolute atomic E-state index is 12.7. The molecule has 0 radical (unpaired) electrons. The second-order valence-electron chi connectivity index (χ2n) is 4.45. The van der Waals surface area contributed by atoms with Crippen molar-refractivity contribution >= 4 is 17.8 Å². The number of halogens is 1. The van der Waals surface area contributed by atoms with Gasteiger partial charge in [-0.1, -0.05) is 12.1 Å². The van der Waals surface area contributed by atoms with Crippen LogP contribution in [0.15, 0.2) is 53.6 Å². The first-order chi connectivity index (χ1) is 10.5. The van der Waals surface area contributed by atoms with Crippen molar-refractivity contribution in [2.45, 2.75) is 6.42 Å². The van der Waals surface area contributed by atoms with Gasteiger partial charge in [0.05, 0.1) is 17.6 Å². The number of nitro benzene ring substituents is 1. The van der Waals surface area contributed by atoms with Gasteiger partial charge < -0.3 is 0 Å². The molecule has 0 spiro atoms. The SMILES string of the molecule is O=C(Cc1ccc(F)cc1)N/N=C/c1ccc([N+](=O)[O-])cc1. The molecule has 2 aromatic carbocycles. The molecule has 0 bridgehead atoms. The maximum atomic E-state index is 12.7. The molecule has 0 atom stereocenters. The normalized spacial score (nSPS) is 10.6. The van der Waals surface area contributed by atoms with Crippen molar-refractivity contribution in [1.82, 2.24) is 5.43 Å². The van der Waals surface area contributed by atoms with Gasteiger partial charge in [-0.25, -0.2) is 9.82 Å². The van der Waals surface area contributed by atoms with Crippen molar-refractivity contribution in [2.24, 2.45) is 5.10 Å². The summed E-state index contributed by atoms with van der Waals surface area (Å²) >= 11 is 0. The van der Waals surface area contributed by atoms with Crippen molar-refractivity contribution in [3.05, 3.63) is 75.6 Å². The van der Waals surface area contributed by atoms with Crippen LogP contribution in [0.25, 0.3) is 0 Å². The molecule has 0 saturated heterocycles. The van der Waals surface area contributed by atoms with Crippen LogP contribution in [-0.4, -0.2) is 17.0 Å². The summed E-state index contributed by atoms with van der Waals surface area (Å²) in [5.41, 5.74) is 3.61. The summed E-state index contributed by atoms with van der Waals surface area (Å²) < 4.78 is 12.7. The molecule has 0 aromatic heterocycles. The monoisotopic (exact) mass is 301 g/mol. The lowest BCUT2D eigenvalue weighted by atomic mass is 10.1. The Morgan fingerprint density at radius 1 is 1.18 bits per heavy atom. The van der Waals surface area contributed by atoms with Crippen molar-refractivity contribution in [3.63, 3.8) is 0 Å². The number of rotatable bonds is 5. The van der Waals surface area contributed by atoms with Crippen molar-refractivity contribution < 1.29 is 14.1 Å². The third kappa shape index (κ3) is 4.48. The highest BCUT2D eigenvalue weighted by Gasteiger charge is 2.03. The quantitative estimate of drug-likeness (QED) is 0.523. The van der Waals surface area contributed by atoms with Crippen LogP contribution in [0.3, 0.4) is 0 Å². The van der Waals surface area contributed by atoms with Gasteiger partial charge in [0.1, 0.15) is 5.82 Å². The fourth-order valence-electron chi connectivity index (χ4n) is 1.69. The molecule has 1 amide bonds. The van der Waals surface area contributed by atoms with E-state index in [1.807, 2.05) is 0 Å². The van der Waals surface area contributed by atoms with Crippen LogP contribution in [-0.2, 0) is 11.2 Å². The van der Waals surface area contributed by atoms with E-state index in [9.17, 15) is 19.3 Å². The first-order valence-corrected chi connectivity index (χ1v) is 6.35. The molecule has 7 heteroatoms. The minimum Gasteiger partial charge on any atom is -0.273 e. The zero-order chi connectivity index (χ0) is 15.9. The Balaban J connectivity index is 1.87. The summed E-state index contributed by atoms with van der Waals surface area (Å²) in [6.07, 6.45) is 1.46. The Morgan fingerprint density at radius 2 is 1.82 bits per heavy atom. The predicted molar refractivity (Wildman–Crippen MR) is 78.9 cm³/mol. The molecule has 0 unspecified atom stereocenters. The van der Waals surface area contributed by atoms with E-state index < -0.39 is 4.92 Å². The van der Waals surface area contributed by atoms with Gasteiger partial charge in [-0.3, -0.25) is 14.9 Å². The van der Waals surface area contributed by atoms with E-state index in [4.69, 9.17) is 0 Å². The molecule has 0 aliphatic heterocycles. The van der Waals surface area contributed by atoms with Crippen LogP contribution in [0.1, 0.15) is 11.1 Å². The van der Waals surface area contributed by atoms with Gasteiger partial charge in [-0.05, 0) is 35.4 Å². The minimum absolute atomic E-state index is 0.0162. The molecule has 112 valence electrons. The number of hydrogen-bond donors (Lipinski definition) is 1. The standard InChI is InChI=1S/C15H12FN3O3/c16-13-5-1-11(2-6-13)9-15(20)18-17-10-12-3-7-14(8-4-12)19(21)22/h1-8,10H,9H2,(H,18,20)/b17-10+. The Kier molecular flexibility index (Phi) is 4.92. The fourth-order valence-corrected chi connectivity index (χ4v) is 1.69. The molecule has 1 N–H and O–H groups in total. The number of nitrogens with zero attached hydrogens (tertiary/aromatic N) is 2. The van der Waals surface area contributed by atoms with Crippen LogP contribution in [0.5, 0.6) is 0 Å². The number of hydrazone groups is 1. The second kappa shape index (κ2) is 7.07. The molecule has 0 fully saturated rings. The third-order valence-corrected chi connectivity index (χ3v) is 2.78. The zero-order valence-electron chi connectivity index (χ0n) is 11.4. The number of amides is 1. The third-order valence-electron chi connectivity index (χ3n) is 2.78. The molecule has 0 heterocycles. The molecule has 0 aliphatic rings. The van der Waals surface area contributed by atoms with Gasteiger partial charge in [0.25, 0.3) is 5.69 Å². The Labute approximate surface area is 125 Å². The largest absolute Gasteiger partial charge is 0.273 e. The zero-order valence-corrected chi connectivity index (χ0v) is 11.4. The molecule has 22 heavy (non-hydrogen) atoms. The van der Waals surface area contributed by atoms with Crippen molar-refractivity contribution in [2.75, 3.05) is 0 Å². The number of nitrogens with one attached hydrogen (secondary N) is 1. The smallest absolute Gasteiger partial charge is 0.269 e.